The highest BCUT2D eigenvalue weighted by atomic mass is 16.5. The lowest BCUT2D eigenvalue weighted by Gasteiger charge is -2.31. The van der Waals surface area contributed by atoms with Crippen LogP contribution in [-0.2, 0) is 6.54 Å². The van der Waals surface area contributed by atoms with Gasteiger partial charge in [0.15, 0.2) is 0 Å². The molecule has 1 amide bonds. The van der Waals surface area contributed by atoms with Gasteiger partial charge in [0.05, 0.1) is 23.5 Å². The number of nitrogens with zero attached hydrogens (tertiary/aromatic N) is 2. The van der Waals surface area contributed by atoms with Crippen LogP contribution < -0.4 is 10.4 Å². The van der Waals surface area contributed by atoms with E-state index in [-0.39, 0.29) is 5.91 Å². The van der Waals surface area contributed by atoms with Gasteiger partial charge in [-0.15, -0.1) is 0 Å². The van der Waals surface area contributed by atoms with Crippen LogP contribution in [0.1, 0.15) is 36.8 Å². The molecule has 0 spiro atoms. The van der Waals surface area contributed by atoms with Crippen LogP contribution in [0.15, 0.2) is 48.7 Å². The summed E-state index contributed by atoms with van der Waals surface area (Å²) in [4.78, 5) is 16.2. The van der Waals surface area contributed by atoms with Crippen molar-refractivity contribution >= 4 is 11.6 Å². The number of nitrogens with one attached hydrogen (secondary N) is 1. The summed E-state index contributed by atoms with van der Waals surface area (Å²) in [6.07, 6.45) is 1.69. The number of anilines is 1. The maximum absolute atomic E-state index is 12.1. The van der Waals surface area contributed by atoms with Crippen LogP contribution in [0.5, 0.6) is 0 Å². The molecule has 0 aliphatic rings. The Morgan fingerprint density at radius 3 is 2.41 bits per heavy atom. The van der Waals surface area contributed by atoms with Crippen LogP contribution in [0.4, 0.5) is 5.69 Å². The molecule has 0 atom stereocenters. The van der Waals surface area contributed by atoms with E-state index in [9.17, 15) is 10.0 Å². The Kier molecular flexibility index (Phi) is 4.78. The second-order valence-electron chi connectivity index (χ2n) is 6.03. The summed E-state index contributed by atoms with van der Waals surface area (Å²) in [5, 5.41) is 14.1. The standard InChI is InChI=1S/C17H21N3O2/c1-17(2,3)20(22)15-9-7-13(8-10-15)16(21)19-12-14-6-4-5-11-18-14/h4-11,22H,12H2,1-3H3,(H,19,21). The number of pyridine rings is 1. The molecule has 1 aromatic heterocycles. The molecule has 0 fully saturated rings. The molecule has 116 valence electrons. The molecule has 0 radical (unpaired) electrons. The van der Waals surface area contributed by atoms with Crippen molar-refractivity contribution in [1.29, 1.82) is 0 Å². The zero-order valence-corrected chi connectivity index (χ0v) is 13.1. The molecular formula is C17H21N3O2. The van der Waals surface area contributed by atoms with E-state index in [0.29, 0.717) is 17.8 Å². The molecule has 1 heterocycles. The van der Waals surface area contributed by atoms with E-state index in [1.165, 1.54) is 5.06 Å². The van der Waals surface area contributed by atoms with Crippen molar-refractivity contribution in [3.05, 3.63) is 59.9 Å². The SMILES string of the molecule is CC(C)(C)N(O)c1ccc(C(=O)NCc2ccccn2)cc1. The Morgan fingerprint density at radius 2 is 1.86 bits per heavy atom. The van der Waals surface area contributed by atoms with E-state index >= 15 is 0 Å². The molecule has 0 saturated carbocycles. The Labute approximate surface area is 130 Å². The molecule has 2 N–H and O–H groups in total. The number of carbonyl (C=O) groups is 1. The Bertz CT molecular complexity index is 619. The first-order valence-corrected chi connectivity index (χ1v) is 7.15. The van der Waals surface area contributed by atoms with Crippen molar-refractivity contribution in [2.75, 3.05) is 5.06 Å². The molecule has 2 aromatic rings. The molecule has 0 aliphatic carbocycles. The molecule has 0 unspecified atom stereocenters. The molecule has 0 saturated heterocycles. The topological polar surface area (TPSA) is 65.5 Å². The largest absolute Gasteiger partial charge is 0.346 e. The molecule has 22 heavy (non-hydrogen) atoms. The van der Waals surface area contributed by atoms with Crippen LogP contribution in [0.3, 0.4) is 0 Å². The van der Waals surface area contributed by atoms with E-state index in [2.05, 4.69) is 10.3 Å². The first kappa shape index (κ1) is 16.0. The summed E-state index contributed by atoms with van der Waals surface area (Å²) in [5.74, 6) is -0.169. The van der Waals surface area contributed by atoms with Gasteiger partial charge in [-0.05, 0) is 57.2 Å². The molecule has 1 aromatic carbocycles. The summed E-state index contributed by atoms with van der Waals surface area (Å²) in [5.41, 5.74) is 1.60. The summed E-state index contributed by atoms with van der Waals surface area (Å²) in [6.45, 7) is 6.09. The van der Waals surface area contributed by atoms with E-state index in [1.807, 2.05) is 39.0 Å². The summed E-state index contributed by atoms with van der Waals surface area (Å²) in [7, 11) is 0. The average molecular weight is 299 g/mol. The van der Waals surface area contributed by atoms with Crippen molar-refractivity contribution in [2.24, 2.45) is 0 Å². The first-order chi connectivity index (χ1) is 10.4. The highest BCUT2D eigenvalue weighted by Gasteiger charge is 2.20. The predicted molar refractivity (Wildman–Crippen MR) is 85.9 cm³/mol. The van der Waals surface area contributed by atoms with Gasteiger partial charge in [-0.1, -0.05) is 6.07 Å². The second kappa shape index (κ2) is 6.58. The molecule has 2 rings (SSSR count). The minimum Gasteiger partial charge on any atom is -0.346 e. The second-order valence-corrected chi connectivity index (χ2v) is 6.03. The average Bonchev–Trinajstić information content (AvgIpc) is 2.52. The number of amides is 1. The summed E-state index contributed by atoms with van der Waals surface area (Å²) < 4.78 is 0. The number of hydroxylamine groups is 1. The highest BCUT2D eigenvalue weighted by molar-refractivity contribution is 5.94. The molecular weight excluding hydrogens is 278 g/mol. The minimum atomic E-state index is -0.400. The number of hydrogen-bond donors (Lipinski definition) is 2. The molecule has 5 heteroatoms. The molecule has 5 nitrogen and oxygen atoms in total. The van der Waals surface area contributed by atoms with Gasteiger partial charge in [0, 0.05) is 11.8 Å². The fourth-order valence-electron chi connectivity index (χ4n) is 1.92. The number of aromatic nitrogens is 1. The van der Waals surface area contributed by atoms with Gasteiger partial charge in [-0.2, -0.15) is 0 Å². The maximum Gasteiger partial charge on any atom is 0.251 e. The number of hydrogen-bond acceptors (Lipinski definition) is 4. The third-order valence-electron chi connectivity index (χ3n) is 3.17. The lowest BCUT2D eigenvalue weighted by atomic mass is 10.1. The van der Waals surface area contributed by atoms with Crippen LogP contribution in [-0.4, -0.2) is 21.6 Å². The lowest BCUT2D eigenvalue weighted by Crippen LogP contribution is -2.38. The monoisotopic (exact) mass is 299 g/mol. The number of carbonyl (C=O) groups excluding carboxylic acids is 1. The van der Waals surface area contributed by atoms with Crippen molar-refractivity contribution in [1.82, 2.24) is 10.3 Å². The van der Waals surface area contributed by atoms with Crippen molar-refractivity contribution in [3.63, 3.8) is 0 Å². The van der Waals surface area contributed by atoms with Gasteiger partial charge in [-0.25, -0.2) is 0 Å². The first-order valence-electron chi connectivity index (χ1n) is 7.15. The van der Waals surface area contributed by atoms with Crippen molar-refractivity contribution in [2.45, 2.75) is 32.9 Å². The van der Waals surface area contributed by atoms with E-state index in [4.69, 9.17) is 0 Å². The van der Waals surface area contributed by atoms with Crippen LogP contribution in [0.25, 0.3) is 0 Å². The van der Waals surface area contributed by atoms with E-state index in [0.717, 1.165) is 5.69 Å². The van der Waals surface area contributed by atoms with Gasteiger partial charge < -0.3 is 5.32 Å². The predicted octanol–water partition coefficient (Wildman–Crippen LogP) is 3.01. The van der Waals surface area contributed by atoms with Gasteiger partial charge in [0.25, 0.3) is 5.91 Å². The Hall–Kier alpha value is -2.40. The highest BCUT2D eigenvalue weighted by Crippen LogP contribution is 2.21. The van der Waals surface area contributed by atoms with Crippen LogP contribution in [0, 0.1) is 0 Å². The fraction of sp³-hybridized carbons (Fsp3) is 0.294. The van der Waals surface area contributed by atoms with Crippen molar-refractivity contribution < 1.29 is 10.0 Å². The third kappa shape index (κ3) is 4.05. The van der Waals surface area contributed by atoms with E-state index in [1.54, 1.807) is 30.5 Å². The quantitative estimate of drug-likeness (QED) is 0.852. The third-order valence-corrected chi connectivity index (χ3v) is 3.17. The molecule has 0 bridgehead atoms. The Morgan fingerprint density at radius 1 is 1.18 bits per heavy atom. The molecule has 0 aliphatic heterocycles. The van der Waals surface area contributed by atoms with Gasteiger partial charge in [-0.3, -0.25) is 20.0 Å². The normalized spacial score (nSPS) is 11.1. The van der Waals surface area contributed by atoms with Gasteiger partial charge >= 0.3 is 0 Å². The van der Waals surface area contributed by atoms with Crippen LogP contribution in [0.2, 0.25) is 0 Å². The minimum absolute atomic E-state index is 0.169. The van der Waals surface area contributed by atoms with Gasteiger partial charge in [0.1, 0.15) is 0 Å². The maximum atomic E-state index is 12.1. The number of benzene rings is 1. The zero-order chi connectivity index (χ0) is 16.2. The smallest absolute Gasteiger partial charge is 0.251 e. The van der Waals surface area contributed by atoms with Gasteiger partial charge in [0.2, 0.25) is 0 Å². The summed E-state index contributed by atoms with van der Waals surface area (Å²) in [6, 6.07) is 12.4. The fourth-order valence-corrected chi connectivity index (χ4v) is 1.92. The lowest BCUT2D eigenvalue weighted by molar-refractivity contribution is 0.0950. The zero-order valence-electron chi connectivity index (χ0n) is 13.1. The number of rotatable bonds is 4. The van der Waals surface area contributed by atoms with E-state index < -0.39 is 5.54 Å². The van der Waals surface area contributed by atoms with Crippen LogP contribution >= 0.6 is 0 Å². The van der Waals surface area contributed by atoms with Crippen molar-refractivity contribution in [3.8, 4) is 0 Å². The summed E-state index contributed by atoms with van der Waals surface area (Å²) >= 11 is 0. The Balaban J connectivity index is 1.99.